The standard InChI is InChI=1S/C2H12N2OSi2/c1-7(2,4)5-6-3/h3-4,6H2,1-2H3. The lowest BCUT2D eigenvalue weighted by atomic mass is 11.9. The molecule has 0 aromatic heterocycles. The van der Waals surface area contributed by atoms with Crippen LogP contribution in [-0.4, -0.2) is 18.4 Å². The van der Waals surface area contributed by atoms with E-state index in [-0.39, 0.29) is 0 Å². The van der Waals surface area contributed by atoms with E-state index in [0.29, 0.717) is 0 Å². The van der Waals surface area contributed by atoms with Crippen molar-refractivity contribution in [1.82, 2.24) is 0 Å². The van der Waals surface area contributed by atoms with Crippen molar-refractivity contribution in [1.29, 1.82) is 0 Å². The van der Waals surface area contributed by atoms with Gasteiger partial charge in [-0.25, -0.2) is 0 Å². The topological polar surface area (TPSA) is 61.3 Å². The molecule has 5 heteroatoms. The van der Waals surface area contributed by atoms with E-state index < -0.39 is 18.4 Å². The van der Waals surface area contributed by atoms with Gasteiger partial charge < -0.3 is 14.9 Å². The number of nitrogens with two attached hydrogens (primary N) is 2. The maximum atomic E-state index is 5.52. The summed E-state index contributed by atoms with van der Waals surface area (Å²) < 4.78 is 5.06. The summed E-state index contributed by atoms with van der Waals surface area (Å²) in [6, 6.07) is 0. The SMILES string of the molecule is C[Si](C)(N)O[SiH2]N. The Balaban J connectivity index is 3.15. The number of hydrogen-bond donors (Lipinski definition) is 2. The number of rotatable bonds is 2. The van der Waals surface area contributed by atoms with Gasteiger partial charge in [0, 0.05) is 0 Å². The summed E-state index contributed by atoms with van der Waals surface area (Å²) in [6.07, 6.45) is 0. The van der Waals surface area contributed by atoms with E-state index in [1.165, 1.54) is 0 Å². The van der Waals surface area contributed by atoms with E-state index in [0.717, 1.165) is 0 Å². The van der Waals surface area contributed by atoms with Crippen molar-refractivity contribution >= 4 is 18.4 Å². The van der Waals surface area contributed by atoms with Gasteiger partial charge in [-0.05, 0) is 13.1 Å². The lowest BCUT2D eigenvalue weighted by molar-refractivity contribution is 0.590. The molecule has 0 atom stereocenters. The minimum Gasteiger partial charge on any atom is -0.437 e. The fraction of sp³-hybridized carbons (Fsp3) is 1.00. The summed E-state index contributed by atoms with van der Waals surface area (Å²) in [7, 11) is -2.47. The molecule has 0 spiro atoms. The van der Waals surface area contributed by atoms with Crippen molar-refractivity contribution in [2.45, 2.75) is 13.1 Å². The van der Waals surface area contributed by atoms with Crippen LogP contribution in [-0.2, 0) is 4.12 Å². The van der Waals surface area contributed by atoms with E-state index >= 15 is 0 Å². The molecule has 3 nitrogen and oxygen atoms in total. The van der Waals surface area contributed by atoms with Crippen molar-refractivity contribution in [2.75, 3.05) is 0 Å². The van der Waals surface area contributed by atoms with Crippen LogP contribution in [0.4, 0.5) is 0 Å². The summed E-state index contributed by atoms with van der Waals surface area (Å²) in [4.78, 5) is 0. The van der Waals surface area contributed by atoms with Gasteiger partial charge in [-0.1, -0.05) is 0 Å². The van der Waals surface area contributed by atoms with Crippen molar-refractivity contribution in [3.63, 3.8) is 0 Å². The Morgan fingerprint density at radius 2 is 2.00 bits per heavy atom. The highest BCUT2D eigenvalue weighted by molar-refractivity contribution is 6.71. The highest BCUT2D eigenvalue weighted by atomic mass is 28.4. The summed E-state index contributed by atoms with van der Waals surface area (Å²) in [5.74, 6) is 0. The van der Waals surface area contributed by atoms with E-state index in [1.807, 2.05) is 13.1 Å². The van der Waals surface area contributed by atoms with E-state index in [4.69, 9.17) is 14.9 Å². The van der Waals surface area contributed by atoms with Crippen LogP contribution in [0.25, 0.3) is 0 Å². The Morgan fingerprint density at radius 1 is 1.57 bits per heavy atom. The first-order chi connectivity index (χ1) is 3.06. The van der Waals surface area contributed by atoms with Crippen LogP contribution in [0.15, 0.2) is 0 Å². The second-order valence-electron chi connectivity index (χ2n) is 1.91. The largest absolute Gasteiger partial charge is 0.437 e. The molecule has 0 aromatic rings. The van der Waals surface area contributed by atoms with Crippen LogP contribution < -0.4 is 10.8 Å². The summed E-state index contributed by atoms with van der Waals surface area (Å²) in [6.45, 7) is 3.85. The highest BCUT2D eigenvalue weighted by Crippen LogP contribution is 1.88. The molecular formula is C2H12N2OSi2. The second kappa shape index (κ2) is 2.58. The molecule has 0 bridgehead atoms. The average Bonchev–Trinajstić information content (AvgIpc) is 1.30. The van der Waals surface area contributed by atoms with Gasteiger partial charge in [0.15, 0.2) is 0 Å². The zero-order valence-corrected chi connectivity index (χ0v) is 7.18. The van der Waals surface area contributed by atoms with Gasteiger partial charge in [0.1, 0.15) is 0 Å². The molecule has 4 N–H and O–H groups in total. The third kappa shape index (κ3) is 6.31. The first-order valence-electron chi connectivity index (χ1n) is 2.19. The summed E-state index contributed by atoms with van der Waals surface area (Å²) >= 11 is 0. The molecule has 0 aliphatic carbocycles. The molecule has 0 fully saturated rings. The second-order valence-corrected chi connectivity index (χ2v) is 6.61. The van der Waals surface area contributed by atoms with Crippen molar-refractivity contribution in [3.8, 4) is 0 Å². The maximum Gasteiger partial charge on any atom is 0.249 e. The average molecular weight is 136 g/mol. The number of hydrogen-bond acceptors (Lipinski definition) is 3. The minimum absolute atomic E-state index is 0.753. The van der Waals surface area contributed by atoms with Crippen molar-refractivity contribution < 1.29 is 4.12 Å². The van der Waals surface area contributed by atoms with Crippen LogP contribution in [0.1, 0.15) is 0 Å². The molecule has 0 radical (unpaired) electrons. The molecular weight excluding hydrogens is 124 g/mol. The van der Waals surface area contributed by atoms with Gasteiger partial charge in [-0.3, -0.25) is 0 Å². The third-order valence-electron chi connectivity index (χ3n) is 0.455. The van der Waals surface area contributed by atoms with Crippen LogP contribution >= 0.6 is 0 Å². The van der Waals surface area contributed by atoms with Gasteiger partial charge >= 0.3 is 0 Å². The fourth-order valence-corrected chi connectivity index (χ4v) is 1.93. The Hall–Kier alpha value is 0.314. The molecule has 7 heavy (non-hydrogen) atoms. The van der Waals surface area contributed by atoms with Gasteiger partial charge in [0.2, 0.25) is 18.4 Å². The molecule has 0 heterocycles. The summed E-state index contributed by atoms with van der Waals surface area (Å²) in [5.41, 5.74) is 0. The molecule has 0 rings (SSSR count). The molecule has 0 aliphatic heterocycles. The first-order valence-corrected chi connectivity index (χ1v) is 6.57. The van der Waals surface area contributed by atoms with Crippen molar-refractivity contribution in [3.05, 3.63) is 0 Å². The van der Waals surface area contributed by atoms with E-state index in [9.17, 15) is 0 Å². The van der Waals surface area contributed by atoms with Gasteiger partial charge in [-0.2, -0.15) is 0 Å². The van der Waals surface area contributed by atoms with E-state index in [1.54, 1.807) is 0 Å². The molecule has 44 valence electrons. The lowest BCUT2D eigenvalue weighted by Gasteiger charge is -2.13. The van der Waals surface area contributed by atoms with Crippen LogP contribution in [0, 0.1) is 0 Å². The Bertz CT molecular complexity index is 52.1. The fourth-order valence-electron chi connectivity index (χ4n) is 0.215. The molecule has 0 aliphatic rings. The minimum atomic E-state index is -1.72. The Kier molecular flexibility index (Phi) is 2.69. The first kappa shape index (κ1) is 7.31. The van der Waals surface area contributed by atoms with Crippen LogP contribution in [0.5, 0.6) is 0 Å². The quantitative estimate of drug-likeness (QED) is 0.460. The molecule has 0 aromatic carbocycles. The lowest BCUT2D eigenvalue weighted by Crippen LogP contribution is -2.44. The van der Waals surface area contributed by atoms with Crippen molar-refractivity contribution in [2.24, 2.45) is 10.8 Å². The third-order valence-corrected chi connectivity index (χ3v) is 4.10. The normalized spacial score (nSPS) is 13.7. The van der Waals surface area contributed by atoms with Crippen LogP contribution in [0.3, 0.4) is 0 Å². The predicted molar refractivity (Wildman–Crippen MR) is 35.5 cm³/mol. The molecule has 0 saturated carbocycles. The van der Waals surface area contributed by atoms with Crippen LogP contribution in [0.2, 0.25) is 13.1 Å². The molecule has 0 amide bonds. The summed E-state index contributed by atoms with van der Waals surface area (Å²) in [5, 5.41) is 10.7. The predicted octanol–water partition coefficient (Wildman–Crippen LogP) is -1.38. The molecule has 0 unspecified atom stereocenters. The monoisotopic (exact) mass is 136 g/mol. The van der Waals surface area contributed by atoms with Gasteiger partial charge in [0.25, 0.3) is 0 Å². The zero-order valence-electron chi connectivity index (χ0n) is 4.77. The molecule has 0 saturated heterocycles. The Labute approximate surface area is 47.3 Å². The maximum absolute atomic E-state index is 5.52. The van der Waals surface area contributed by atoms with E-state index in [2.05, 4.69) is 0 Å². The smallest absolute Gasteiger partial charge is 0.249 e. The highest BCUT2D eigenvalue weighted by Gasteiger charge is 2.12. The van der Waals surface area contributed by atoms with Gasteiger partial charge in [0.05, 0.1) is 0 Å². The Morgan fingerprint density at radius 3 is 2.00 bits per heavy atom. The van der Waals surface area contributed by atoms with Gasteiger partial charge in [-0.15, -0.1) is 0 Å². The zero-order chi connectivity index (χ0) is 5.91.